The number of carbonyl (C=O) groups is 1. The first kappa shape index (κ1) is 25.3. The highest BCUT2D eigenvalue weighted by Gasteiger charge is 2.65. The van der Waals surface area contributed by atoms with E-state index >= 15 is 0 Å². The Balaban J connectivity index is 2.76. The zero-order chi connectivity index (χ0) is 24.6. The quantitative estimate of drug-likeness (QED) is 0.484. The number of amides is 1. The maximum Gasteiger partial charge on any atom is 0.458 e. The Hall–Kier alpha value is -2.99. The van der Waals surface area contributed by atoms with Crippen LogP contribution in [0.3, 0.4) is 0 Å². The second kappa shape index (κ2) is 8.51. The molecule has 0 spiro atoms. The van der Waals surface area contributed by atoms with Gasteiger partial charge in [0, 0.05) is 19.2 Å². The molecule has 0 fully saturated rings. The summed E-state index contributed by atoms with van der Waals surface area (Å²) >= 11 is 0. The molecule has 5 nitrogen and oxygen atoms in total. The molecule has 13 heteroatoms. The van der Waals surface area contributed by atoms with Crippen molar-refractivity contribution in [3.63, 3.8) is 0 Å². The van der Waals surface area contributed by atoms with E-state index in [2.05, 4.69) is 0 Å². The third-order valence-electron chi connectivity index (χ3n) is 4.76. The molecule has 0 radical (unpaired) electrons. The molecule has 1 heterocycles. The van der Waals surface area contributed by atoms with Crippen molar-refractivity contribution in [2.24, 2.45) is 0 Å². The normalized spacial score (nSPS) is 15.9. The van der Waals surface area contributed by atoms with E-state index in [1.165, 1.54) is 12.1 Å². The van der Waals surface area contributed by atoms with E-state index in [9.17, 15) is 39.9 Å². The van der Waals surface area contributed by atoms with Crippen LogP contribution in [0.2, 0.25) is 0 Å². The molecule has 0 unspecified atom stereocenters. The van der Waals surface area contributed by atoms with Gasteiger partial charge >= 0.3 is 18.3 Å². The third-order valence-corrected chi connectivity index (χ3v) is 4.76. The van der Waals surface area contributed by atoms with Crippen LogP contribution in [0, 0.1) is 0 Å². The Morgan fingerprint density at radius 1 is 1.12 bits per heavy atom. The highest BCUT2D eigenvalue weighted by molar-refractivity contribution is 5.99. The SMILES string of the molecule is CCC1=C(C(F)(F)C(F)(F)F)C(C(F)(F)F)=C(NC(=O)c2cccc(N)c2OC)N(C)C1. The number of likely N-dealkylation sites (N-methyl/N-ethyl adjacent to an activating group) is 1. The predicted octanol–water partition coefficient (Wildman–Crippen LogP) is 4.63. The number of methoxy groups -OCH3 is 1. The number of nitrogens with zero attached hydrogens (tertiary/aromatic N) is 1. The average Bonchev–Trinajstić information content (AvgIpc) is 2.66. The van der Waals surface area contributed by atoms with Gasteiger partial charge in [0.15, 0.2) is 5.75 Å². The van der Waals surface area contributed by atoms with Crippen LogP contribution in [-0.2, 0) is 0 Å². The highest BCUT2D eigenvalue weighted by atomic mass is 19.4. The molecule has 1 aliphatic rings. The lowest BCUT2D eigenvalue weighted by Crippen LogP contribution is -2.48. The van der Waals surface area contributed by atoms with Crippen molar-refractivity contribution in [3.05, 3.63) is 46.3 Å². The number of halogens is 8. The Bertz CT molecular complexity index is 964. The first-order valence-electron chi connectivity index (χ1n) is 9.01. The van der Waals surface area contributed by atoms with Gasteiger partial charge in [0.05, 0.1) is 18.4 Å². The van der Waals surface area contributed by atoms with E-state index in [-0.39, 0.29) is 17.0 Å². The molecule has 178 valence electrons. The maximum atomic E-state index is 14.3. The van der Waals surface area contributed by atoms with Gasteiger partial charge in [-0.2, -0.15) is 35.1 Å². The summed E-state index contributed by atoms with van der Waals surface area (Å²) in [6, 6.07) is 3.76. The zero-order valence-electron chi connectivity index (χ0n) is 17.0. The topological polar surface area (TPSA) is 67.6 Å². The average molecular weight is 473 g/mol. The molecular formula is C19H19F8N3O2. The van der Waals surface area contributed by atoms with Crippen molar-refractivity contribution in [2.75, 3.05) is 26.4 Å². The minimum absolute atomic E-state index is 0.0420. The zero-order valence-corrected chi connectivity index (χ0v) is 17.0. The molecule has 1 aromatic carbocycles. The molecule has 2 rings (SSSR count). The van der Waals surface area contributed by atoms with Gasteiger partial charge in [0.25, 0.3) is 5.91 Å². The molecule has 1 aromatic rings. The third kappa shape index (κ3) is 4.46. The van der Waals surface area contributed by atoms with Gasteiger partial charge in [-0.25, -0.2) is 0 Å². The van der Waals surface area contributed by atoms with Crippen molar-refractivity contribution in [3.8, 4) is 5.75 Å². The first-order chi connectivity index (χ1) is 14.6. The second-order valence-electron chi connectivity index (χ2n) is 6.86. The fraction of sp³-hybridized carbons (Fsp3) is 0.421. The summed E-state index contributed by atoms with van der Waals surface area (Å²) in [6.45, 7) is 0.464. The van der Waals surface area contributed by atoms with Crippen molar-refractivity contribution in [2.45, 2.75) is 31.6 Å². The molecule has 0 saturated heterocycles. The van der Waals surface area contributed by atoms with Gasteiger partial charge in [-0.15, -0.1) is 0 Å². The summed E-state index contributed by atoms with van der Waals surface area (Å²) in [5.41, 5.74) is 0.0122. The van der Waals surface area contributed by atoms with Gasteiger partial charge in [-0.05, 0) is 24.1 Å². The number of nitrogen functional groups attached to an aromatic ring is 1. The molecule has 0 bridgehead atoms. The Morgan fingerprint density at radius 3 is 2.19 bits per heavy atom. The first-order valence-corrected chi connectivity index (χ1v) is 9.01. The van der Waals surface area contributed by atoms with Crippen molar-refractivity contribution >= 4 is 11.6 Å². The smallest absolute Gasteiger partial charge is 0.458 e. The predicted molar refractivity (Wildman–Crippen MR) is 98.9 cm³/mol. The number of hydrogen-bond acceptors (Lipinski definition) is 4. The number of benzene rings is 1. The molecule has 32 heavy (non-hydrogen) atoms. The van der Waals surface area contributed by atoms with Gasteiger partial charge in [0.2, 0.25) is 0 Å². The Labute approximate surface area is 177 Å². The molecule has 0 aromatic heterocycles. The van der Waals surface area contributed by atoms with Gasteiger partial charge in [-0.1, -0.05) is 13.0 Å². The second-order valence-corrected chi connectivity index (χ2v) is 6.86. The van der Waals surface area contributed by atoms with Gasteiger partial charge in [-0.3, -0.25) is 4.79 Å². The number of allylic oxidation sites excluding steroid dienone is 2. The number of alkyl halides is 8. The van der Waals surface area contributed by atoms with Crippen LogP contribution in [0.5, 0.6) is 5.75 Å². The standard InChI is InChI=1S/C19H19F8N3O2/c1-4-9-8-30(2)15(29-16(31)10-6-5-7-11(28)14(10)32-3)13(18(22,23)24)12(9)17(20,21)19(25,26)27/h5-7H,4,8,28H2,1-3H3,(H,29,31). The number of ether oxygens (including phenoxy) is 1. The molecule has 1 aliphatic heterocycles. The van der Waals surface area contributed by atoms with Crippen molar-refractivity contribution < 1.29 is 44.7 Å². The van der Waals surface area contributed by atoms with Crippen LogP contribution in [0.1, 0.15) is 23.7 Å². The van der Waals surface area contributed by atoms with Crippen LogP contribution < -0.4 is 15.8 Å². The number of carbonyl (C=O) groups excluding carboxylic acids is 1. The number of hydrogen-bond donors (Lipinski definition) is 2. The summed E-state index contributed by atoms with van der Waals surface area (Å²) in [6.07, 6.45) is -12.4. The van der Waals surface area contributed by atoms with E-state index in [0.29, 0.717) is 0 Å². The number of rotatable bonds is 5. The summed E-state index contributed by atoms with van der Waals surface area (Å²) in [5, 5.41) is 1.82. The lowest BCUT2D eigenvalue weighted by atomic mass is 9.88. The molecule has 0 saturated carbocycles. The molecule has 1 amide bonds. The molecule has 0 aliphatic carbocycles. The number of nitrogens with one attached hydrogen (secondary N) is 1. The van der Waals surface area contributed by atoms with E-state index in [1.54, 1.807) is 0 Å². The number of para-hydroxylation sites is 1. The van der Waals surface area contributed by atoms with E-state index < -0.39 is 59.7 Å². The summed E-state index contributed by atoms with van der Waals surface area (Å²) in [7, 11) is 2.16. The van der Waals surface area contributed by atoms with Crippen LogP contribution in [0.4, 0.5) is 40.8 Å². The van der Waals surface area contributed by atoms with Crippen LogP contribution >= 0.6 is 0 Å². The fourth-order valence-electron chi connectivity index (χ4n) is 3.31. The number of anilines is 1. The molecular weight excluding hydrogens is 454 g/mol. The van der Waals surface area contributed by atoms with Crippen molar-refractivity contribution in [1.82, 2.24) is 10.2 Å². The molecule has 3 N–H and O–H groups in total. The fourth-order valence-corrected chi connectivity index (χ4v) is 3.31. The molecule has 0 atom stereocenters. The summed E-state index contributed by atoms with van der Waals surface area (Å²) in [5.74, 6) is -8.51. The van der Waals surface area contributed by atoms with Crippen LogP contribution in [-0.4, -0.2) is 49.8 Å². The Kier molecular flexibility index (Phi) is 6.72. The van der Waals surface area contributed by atoms with Crippen molar-refractivity contribution in [1.29, 1.82) is 0 Å². The van der Waals surface area contributed by atoms with E-state index in [0.717, 1.165) is 32.0 Å². The van der Waals surface area contributed by atoms with Crippen LogP contribution in [0.15, 0.2) is 40.7 Å². The highest BCUT2D eigenvalue weighted by Crippen LogP contribution is 2.51. The summed E-state index contributed by atoms with van der Waals surface area (Å²) in [4.78, 5) is 13.4. The van der Waals surface area contributed by atoms with E-state index in [4.69, 9.17) is 10.5 Å². The van der Waals surface area contributed by atoms with Crippen LogP contribution in [0.25, 0.3) is 0 Å². The Morgan fingerprint density at radius 2 is 1.72 bits per heavy atom. The lowest BCUT2D eigenvalue weighted by Gasteiger charge is -2.37. The van der Waals surface area contributed by atoms with Gasteiger partial charge in [0.1, 0.15) is 11.4 Å². The largest absolute Gasteiger partial charge is 0.494 e. The number of nitrogens with two attached hydrogens (primary N) is 1. The van der Waals surface area contributed by atoms with Gasteiger partial charge < -0.3 is 20.7 Å². The maximum absolute atomic E-state index is 14.3. The summed E-state index contributed by atoms with van der Waals surface area (Å²) < 4.78 is 114. The minimum atomic E-state index is -6.29. The lowest BCUT2D eigenvalue weighted by molar-refractivity contribution is -0.265. The van der Waals surface area contributed by atoms with E-state index in [1.807, 2.05) is 5.32 Å². The monoisotopic (exact) mass is 473 g/mol. The minimum Gasteiger partial charge on any atom is -0.494 e.